The van der Waals surface area contributed by atoms with Crippen LogP contribution in [0.3, 0.4) is 0 Å². The number of carboxylic acid groups (broad SMARTS) is 1. The number of aliphatic carboxylic acids is 1. The molecule has 1 heterocycles. The lowest BCUT2D eigenvalue weighted by atomic mass is 9.98. The molecule has 6 heteroatoms. The summed E-state index contributed by atoms with van der Waals surface area (Å²) >= 11 is 0. The normalized spacial score (nSPS) is 17.9. The van der Waals surface area contributed by atoms with E-state index in [1.165, 1.54) is 0 Å². The second-order valence-corrected chi connectivity index (χ2v) is 4.10. The monoisotopic (exact) mass is 255 g/mol. The Labute approximate surface area is 102 Å². The molecule has 1 aliphatic rings. The third kappa shape index (κ3) is 2.18. The highest BCUT2D eigenvalue weighted by molar-refractivity contribution is 5.98. The number of hydrogen-bond donors (Lipinski definition) is 1. The summed E-state index contributed by atoms with van der Waals surface area (Å²) in [6.45, 7) is -0.00514. The van der Waals surface area contributed by atoms with Crippen molar-refractivity contribution in [3.63, 3.8) is 0 Å². The van der Waals surface area contributed by atoms with Crippen molar-refractivity contribution >= 4 is 17.6 Å². The van der Waals surface area contributed by atoms with Crippen LogP contribution in [0.25, 0.3) is 0 Å². The van der Waals surface area contributed by atoms with E-state index in [0.717, 1.165) is 4.90 Å². The Hall–Kier alpha value is -1.98. The summed E-state index contributed by atoms with van der Waals surface area (Å²) in [5, 5.41) is 8.78. The molecule has 2 rings (SSSR count). The largest absolute Gasteiger partial charge is 0.481 e. The highest BCUT2D eigenvalue weighted by Crippen LogP contribution is 2.38. The fraction of sp³-hybridized carbons (Fsp3) is 0.333. The molecule has 0 aliphatic carbocycles. The maximum Gasteiger partial charge on any atom is 0.316 e. The molecule has 0 fully saturated rings. The van der Waals surface area contributed by atoms with E-state index in [2.05, 4.69) is 0 Å². The van der Waals surface area contributed by atoms with Gasteiger partial charge in [0.25, 0.3) is 5.91 Å². The predicted octanol–water partition coefficient (Wildman–Crippen LogP) is 1.86. The Bertz CT molecular complexity index is 490. The van der Waals surface area contributed by atoms with Crippen molar-refractivity contribution in [3.8, 4) is 0 Å². The molecule has 1 aliphatic heterocycles. The average Bonchev–Trinajstić information content (AvgIpc) is 2.67. The molecule has 18 heavy (non-hydrogen) atoms. The van der Waals surface area contributed by atoms with E-state index in [1.54, 1.807) is 24.3 Å². The average molecular weight is 255 g/mol. The first kappa shape index (κ1) is 12.5. The van der Waals surface area contributed by atoms with Crippen LogP contribution in [0.5, 0.6) is 0 Å². The number of anilines is 1. The van der Waals surface area contributed by atoms with E-state index in [4.69, 9.17) is 5.11 Å². The van der Waals surface area contributed by atoms with Gasteiger partial charge < -0.3 is 10.0 Å². The molecule has 0 bridgehead atoms. The molecule has 1 aromatic rings. The third-order valence-corrected chi connectivity index (χ3v) is 2.94. The lowest BCUT2D eigenvalue weighted by Gasteiger charge is -2.16. The van der Waals surface area contributed by atoms with Crippen LogP contribution in [-0.2, 0) is 9.59 Å². The number of amides is 1. The number of carbonyl (C=O) groups excluding carboxylic acids is 1. The van der Waals surface area contributed by atoms with Gasteiger partial charge in [-0.15, -0.1) is 0 Å². The Morgan fingerprint density at radius 1 is 1.39 bits per heavy atom. The van der Waals surface area contributed by atoms with Gasteiger partial charge in [-0.2, -0.15) is 8.78 Å². The second-order valence-electron chi connectivity index (χ2n) is 4.10. The number of hydrogen-bond acceptors (Lipinski definition) is 2. The van der Waals surface area contributed by atoms with Gasteiger partial charge in [0.15, 0.2) is 0 Å². The molecule has 1 unspecified atom stereocenters. The Balaban J connectivity index is 2.33. The molecule has 1 N–H and O–H groups in total. The van der Waals surface area contributed by atoms with Crippen molar-refractivity contribution in [1.29, 1.82) is 0 Å². The van der Waals surface area contributed by atoms with E-state index >= 15 is 0 Å². The minimum atomic E-state index is -3.08. The molecular weight excluding hydrogens is 244 g/mol. The van der Waals surface area contributed by atoms with Crippen LogP contribution in [0.4, 0.5) is 14.5 Å². The number of benzene rings is 1. The molecule has 1 atom stereocenters. The van der Waals surface area contributed by atoms with Gasteiger partial charge in [-0.1, -0.05) is 18.2 Å². The fourth-order valence-electron chi connectivity index (χ4n) is 2.21. The number of rotatable bonds is 3. The van der Waals surface area contributed by atoms with Crippen LogP contribution in [0.1, 0.15) is 17.9 Å². The second kappa shape index (κ2) is 4.72. The first-order valence-electron chi connectivity index (χ1n) is 5.41. The van der Waals surface area contributed by atoms with Crippen molar-refractivity contribution < 1.29 is 23.5 Å². The molecule has 0 saturated carbocycles. The molecule has 4 nitrogen and oxygen atoms in total. The third-order valence-electron chi connectivity index (χ3n) is 2.94. The van der Waals surface area contributed by atoms with Crippen molar-refractivity contribution in [2.75, 3.05) is 11.4 Å². The molecule has 1 aromatic carbocycles. The summed E-state index contributed by atoms with van der Waals surface area (Å²) in [4.78, 5) is 23.1. The summed E-state index contributed by atoms with van der Waals surface area (Å²) in [6, 6.07) is 6.55. The van der Waals surface area contributed by atoms with Crippen LogP contribution in [0, 0.1) is 0 Å². The quantitative estimate of drug-likeness (QED) is 0.896. The van der Waals surface area contributed by atoms with Crippen molar-refractivity contribution in [1.82, 2.24) is 0 Å². The van der Waals surface area contributed by atoms with Crippen LogP contribution in [-0.4, -0.2) is 30.0 Å². The minimum Gasteiger partial charge on any atom is -0.481 e. The molecule has 1 amide bonds. The minimum absolute atomic E-state index is 0.00514. The zero-order valence-corrected chi connectivity index (χ0v) is 9.35. The Kier molecular flexibility index (Phi) is 3.27. The standard InChI is InChI=1S/C12H11F2NO3/c13-11(14)12(18)15-6-7(5-10(16)17)8-3-1-2-4-9(8)15/h1-4,7,11H,5-6H2,(H,16,17). The van der Waals surface area contributed by atoms with Gasteiger partial charge >= 0.3 is 12.4 Å². The van der Waals surface area contributed by atoms with Crippen LogP contribution < -0.4 is 4.90 Å². The summed E-state index contributed by atoms with van der Waals surface area (Å²) in [5.41, 5.74) is 1.02. The lowest BCUT2D eigenvalue weighted by molar-refractivity contribution is -0.137. The fourth-order valence-corrected chi connectivity index (χ4v) is 2.21. The van der Waals surface area contributed by atoms with Crippen molar-refractivity contribution in [3.05, 3.63) is 29.8 Å². The Morgan fingerprint density at radius 2 is 2.06 bits per heavy atom. The van der Waals surface area contributed by atoms with Crippen molar-refractivity contribution in [2.45, 2.75) is 18.8 Å². The van der Waals surface area contributed by atoms with Gasteiger partial charge in [-0.25, -0.2) is 0 Å². The molecule has 0 saturated heterocycles. The maximum absolute atomic E-state index is 12.5. The molecule has 0 radical (unpaired) electrons. The van der Waals surface area contributed by atoms with Gasteiger partial charge in [0.2, 0.25) is 0 Å². The van der Waals surface area contributed by atoms with Gasteiger partial charge in [0.05, 0.1) is 6.42 Å². The maximum atomic E-state index is 12.5. The SMILES string of the molecule is O=C(O)CC1CN(C(=O)C(F)F)c2ccccc21. The predicted molar refractivity (Wildman–Crippen MR) is 59.8 cm³/mol. The van der Waals surface area contributed by atoms with Gasteiger partial charge in [-0.05, 0) is 11.6 Å². The number of alkyl halides is 2. The number of carboxylic acids is 1. The highest BCUT2D eigenvalue weighted by Gasteiger charge is 2.36. The summed E-state index contributed by atoms with van der Waals surface area (Å²) in [5.74, 6) is -2.72. The molecule has 0 spiro atoms. The number of fused-ring (bicyclic) bond motifs is 1. The molecular formula is C12H11F2NO3. The summed E-state index contributed by atoms with van der Waals surface area (Å²) < 4.78 is 24.9. The van der Waals surface area contributed by atoms with E-state index in [1.807, 2.05) is 0 Å². The number of para-hydroxylation sites is 1. The van der Waals surface area contributed by atoms with Crippen LogP contribution in [0.2, 0.25) is 0 Å². The van der Waals surface area contributed by atoms with Crippen LogP contribution >= 0.6 is 0 Å². The van der Waals surface area contributed by atoms with E-state index < -0.39 is 24.2 Å². The Morgan fingerprint density at radius 3 is 2.67 bits per heavy atom. The summed E-state index contributed by atoms with van der Waals surface area (Å²) in [6.07, 6.45) is -3.26. The highest BCUT2D eigenvalue weighted by atomic mass is 19.3. The van der Waals surface area contributed by atoms with E-state index in [-0.39, 0.29) is 13.0 Å². The smallest absolute Gasteiger partial charge is 0.316 e. The lowest BCUT2D eigenvalue weighted by Crippen LogP contribution is -2.34. The zero-order valence-electron chi connectivity index (χ0n) is 9.35. The first-order chi connectivity index (χ1) is 8.50. The number of nitrogens with zero attached hydrogens (tertiary/aromatic N) is 1. The van der Waals surface area contributed by atoms with Crippen molar-refractivity contribution in [2.24, 2.45) is 0 Å². The number of halogens is 2. The van der Waals surface area contributed by atoms with Crippen LogP contribution in [0.15, 0.2) is 24.3 Å². The first-order valence-corrected chi connectivity index (χ1v) is 5.41. The topological polar surface area (TPSA) is 57.6 Å². The number of carbonyl (C=O) groups is 2. The van der Waals surface area contributed by atoms with E-state index in [0.29, 0.717) is 11.3 Å². The van der Waals surface area contributed by atoms with Gasteiger partial charge in [0, 0.05) is 18.2 Å². The van der Waals surface area contributed by atoms with Gasteiger partial charge in [-0.3, -0.25) is 9.59 Å². The molecule has 96 valence electrons. The summed E-state index contributed by atoms with van der Waals surface area (Å²) in [7, 11) is 0. The van der Waals surface area contributed by atoms with E-state index in [9.17, 15) is 18.4 Å². The van der Waals surface area contributed by atoms with Gasteiger partial charge in [0.1, 0.15) is 0 Å². The zero-order chi connectivity index (χ0) is 13.3. The molecule has 0 aromatic heterocycles.